The van der Waals surface area contributed by atoms with E-state index in [4.69, 9.17) is 9.51 Å². The van der Waals surface area contributed by atoms with Crippen LogP contribution in [0.15, 0.2) is 59.4 Å². The van der Waals surface area contributed by atoms with Crippen molar-refractivity contribution in [1.82, 2.24) is 39.7 Å². The Balaban J connectivity index is 0.746. The number of carbonyl (C=O) groups excluding carboxylic acids is 4. The number of amides is 4. The summed E-state index contributed by atoms with van der Waals surface area (Å²) in [6, 6.07) is 15.8. The predicted octanol–water partition coefficient (Wildman–Crippen LogP) is 5.57. The van der Waals surface area contributed by atoms with Gasteiger partial charge in [-0.05, 0) is 99.8 Å². The highest BCUT2D eigenvalue weighted by molar-refractivity contribution is 6.09. The number of likely N-dealkylation sites (tertiary alicyclic amines) is 1. The SMILES string of the molecule is CN1CCN(C2CCCN(c3cnc(C=O)c(Nc4ccc(C5CCN(C6CC(n7ccc8c9c(C%10CCC(=O)NC%10=O)noc9ccc87)C6)CC5)cc4)n3)C2)C1=O. The van der Waals surface area contributed by atoms with Crippen LogP contribution in [0.2, 0.25) is 0 Å². The number of nitrogens with zero attached hydrogens (tertiary/aromatic N) is 8. The molecule has 0 spiro atoms. The highest BCUT2D eigenvalue weighted by Gasteiger charge is 2.38. The van der Waals surface area contributed by atoms with Crippen LogP contribution in [0.5, 0.6) is 0 Å². The van der Waals surface area contributed by atoms with E-state index in [1.54, 1.807) is 11.1 Å². The summed E-state index contributed by atoms with van der Waals surface area (Å²) in [7, 11) is 1.85. The van der Waals surface area contributed by atoms with E-state index in [9.17, 15) is 19.2 Å². The van der Waals surface area contributed by atoms with Crippen molar-refractivity contribution in [2.24, 2.45) is 0 Å². The maximum atomic E-state index is 12.7. The minimum absolute atomic E-state index is 0.0851. The smallest absolute Gasteiger partial charge is 0.320 e. The van der Waals surface area contributed by atoms with Crippen LogP contribution < -0.4 is 15.5 Å². The molecule has 5 fully saturated rings. The van der Waals surface area contributed by atoms with E-state index in [2.05, 4.69) is 77.7 Å². The van der Waals surface area contributed by atoms with E-state index in [1.165, 1.54) is 5.56 Å². The van der Waals surface area contributed by atoms with Crippen molar-refractivity contribution in [3.63, 3.8) is 0 Å². The molecule has 7 heterocycles. The minimum Gasteiger partial charge on any atom is -0.356 e. The van der Waals surface area contributed by atoms with Gasteiger partial charge < -0.3 is 34.0 Å². The van der Waals surface area contributed by atoms with Gasteiger partial charge in [0.25, 0.3) is 0 Å². The van der Waals surface area contributed by atoms with Gasteiger partial charge >= 0.3 is 6.03 Å². The zero-order valence-corrected chi connectivity index (χ0v) is 32.7. The van der Waals surface area contributed by atoms with Gasteiger partial charge in [-0.2, -0.15) is 0 Å². The van der Waals surface area contributed by atoms with Crippen molar-refractivity contribution in [2.45, 2.75) is 81.3 Å². The average Bonchev–Trinajstić information content (AvgIpc) is 3.95. The molecule has 2 unspecified atom stereocenters. The summed E-state index contributed by atoms with van der Waals surface area (Å²) in [6.45, 7) is 5.14. The summed E-state index contributed by atoms with van der Waals surface area (Å²) < 4.78 is 8.02. The molecule has 4 saturated heterocycles. The number of hydrogen-bond acceptors (Lipinski definition) is 11. The van der Waals surface area contributed by atoms with Crippen molar-refractivity contribution in [2.75, 3.05) is 56.5 Å². The molecule has 2 N–H and O–H groups in total. The first-order chi connectivity index (χ1) is 28.3. The fourth-order valence-electron chi connectivity index (χ4n) is 10.0. The Labute approximate surface area is 335 Å². The molecule has 3 aromatic heterocycles. The number of piperidine rings is 3. The second kappa shape index (κ2) is 14.8. The van der Waals surface area contributed by atoms with Gasteiger partial charge in [0.05, 0.1) is 23.5 Å². The predicted molar refractivity (Wildman–Crippen MR) is 217 cm³/mol. The standard InChI is InChI=1S/C43H48N10O5/c1-49-19-20-53(43(49)57)29-3-2-15-51(24-29)37-23-44-34(25-54)41(46-37)45-28-6-4-26(5-7-28)27-12-16-50(17-13-27)30-21-31(22-30)52-18-14-32-35(52)9-10-36-39(32)40(48-58-36)33-8-11-38(55)47-42(33)56/h4-7,9-10,14,18,23,25,27,29-31,33H,2-3,8,11-13,15-17,19-22,24H2,1H3,(H,45,46)(H,47,55,56). The highest BCUT2D eigenvalue weighted by Crippen LogP contribution is 2.43. The molecule has 58 heavy (non-hydrogen) atoms. The second-order valence-corrected chi connectivity index (χ2v) is 16.7. The number of aromatic nitrogens is 4. The van der Waals surface area contributed by atoms with Crippen LogP contribution in [-0.2, 0) is 9.59 Å². The van der Waals surface area contributed by atoms with Gasteiger partial charge in [-0.3, -0.25) is 19.7 Å². The van der Waals surface area contributed by atoms with Crippen LogP contribution in [0.1, 0.15) is 91.0 Å². The van der Waals surface area contributed by atoms with E-state index in [-0.39, 0.29) is 29.6 Å². The van der Waals surface area contributed by atoms with Gasteiger partial charge in [0.15, 0.2) is 17.7 Å². The third-order valence-corrected chi connectivity index (χ3v) is 13.4. The molecule has 0 bridgehead atoms. The van der Waals surface area contributed by atoms with Crippen LogP contribution in [0.4, 0.5) is 22.1 Å². The van der Waals surface area contributed by atoms with Gasteiger partial charge in [-0.15, -0.1) is 0 Å². The summed E-state index contributed by atoms with van der Waals surface area (Å²) in [5.74, 6) is 0.583. The Kier molecular flexibility index (Phi) is 9.34. The van der Waals surface area contributed by atoms with Gasteiger partial charge in [0.1, 0.15) is 17.2 Å². The number of aldehydes is 1. The van der Waals surface area contributed by atoms with Gasteiger partial charge in [0, 0.05) is 74.5 Å². The molecule has 15 heteroatoms. The zero-order chi connectivity index (χ0) is 39.5. The lowest BCUT2D eigenvalue weighted by Gasteiger charge is -2.46. The van der Waals surface area contributed by atoms with Crippen LogP contribution >= 0.6 is 0 Å². The van der Waals surface area contributed by atoms with E-state index in [0.717, 1.165) is 99.5 Å². The number of benzene rings is 2. The summed E-state index contributed by atoms with van der Waals surface area (Å²) in [5.41, 5.74) is 4.83. The average molecular weight is 785 g/mol. The molecule has 1 saturated carbocycles. The molecule has 0 radical (unpaired) electrons. The Hall–Kier alpha value is -5.83. The van der Waals surface area contributed by atoms with Crippen molar-refractivity contribution in [3.05, 3.63) is 71.8 Å². The lowest BCUT2D eigenvalue weighted by Crippen LogP contribution is -2.49. The van der Waals surface area contributed by atoms with Crippen molar-refractivity contribution in [3.8, 4) is 0 Å². The van der Waals surface area contributed by atoms with Crippen molar-refractivity contribution in [1.29, 1.82) is 0 Å². The number of anilines is 3. The second-order valence-electron chi connectivity index (χ2n) is 16.7. The summed E-state index contributed by atoms with van der Waals surface area (Å²) >= 11 is 0. The summed E-state index contributed by atoms with van der Waals surface area (Å²) in [6.07, 6.45) is 11.6. The molecule has 2 aromatic carbocycles. The number of likely N-dealkylation sites (N-methyl/N-ethyl adjacent to an activating group) is 1. The number of carbonyl (C=O) groups is 4. The first-order valence-electron chi connectivity index (χ1n) is 20.7. The third-order valence-electron chi connectivity index (χ3n) is 13.4. The molecule has 4 aliphatic heterocycles. The maximum absolute atomic E-state index is 12.7. The third kappa shape index (κ3) is 6.54. The minimum atomic E-state index is -0.496. The van der Waals surface area contributed by atoms with E-state index in [1.807, 2.05) is 18.0 Å². The van der Waals surface area contributed by atoms with Crippen LogP contribution in [-0.4, -0.2) is 117 Å². The van der Waals surface area contributed by atoms with Gasteiger partial charge in [-0.1, -0.05) is 17.3 Å². The number of rotatable bonds is 9. The van der Waals surface area contributed by atoms with E-state index in [0.29, 0.717) is 60.3 Å². The fraction of sp³-hybridized carbons (Fsp3) is 0.465. The van der Waals surface area contributed by atoms with Crippen LogP contribution in [0, 0.1) is 0 Å². The summed E-state index contributed by atoms with van der Waals surface area (Å²) in [5, 5.41) is 12.0. The summed E-state index contributed by atoms with van der Waals surface area (Å²) in [4.78, 5) is 67.0. The van der Waals surface area contributed by atoms with Crippen LogP contribution in [0.3, 0.4) is 0 Å². The number of nitrogens with one attached hydrogen (secondary N) is 2. The molecule has 1 aliphatic carbocycles. The Bertz CT molecular complexity index is 2400. The monoisotopic (exact) mass is 784 g/mol. The lowest BCUT2D eigenvalue weighted by molar-refractivity contribution is -0.134. The van der Waals surface area contributed by atoms with Crippen LogP contribution in [0.25, 0.3) is 21.9 Å². The zero-order valence-electron chi connectivity index (χ0n) is 32.7. The Morgan fingerprint density at radius 1 is 0.897 bits per heavy atom. The quantitative estimate of drug-likeness (QED) is 0.142. The molecule has 5 aliphatic rings. The van der Waals surface area contributed by atoms with E-state index < -0.39 is 5.92 Å². The maximum Gasteiger partial charge on any atom is 0.320 e. The first kappa shape index (κ1) is 36.5. The molecule has 2 atom stereocenters. The lowest BCUT2D eigenvalue weighted by atomic mass is 9.82. The van der Waals surface area contributed by atoms with Crippen molar-refractivity contribution < 1.29 is 23.7 Å². The molecule has 5 aromatic rings. The normalized spacial score (nSPS) is 24.8. The Morgan fingerprint density at radius 2 is 1.72 bits per heavy atom. The molecule has 15 nitrogen and oxygen atoms in total. The molecule has 10 rings (SSSR count). The molecular weight excluding hydrogens is 737 g/mol. The number of fused-ring (bicyclic) bond motifs is 3. The first-order valence-corrected chi connectivity index (χ1v) is 20.7. The largest absolute Gasteiger partial charge is 0.356 e. The van der Waals surface area contributed by atoms with Gasteiger partial charge in [-0.25, -0.2) is 14.8 Å². The highest BCUT2D eigenvalue weighted by atomic mass is 16.5. The topological polar surface area (TPSA) is 162 Å². The molecule has 4 amide bonds. The fourth-order valence-corrected chi connectivity index (χ4v) is 10.0. The number of imide groups is 1. The number of hydrogen-bond donors (Lipinski definition) is 2. The molecule has 300 valence electrons. The Morgan fingerprint density at radius 3 is 2.48 bits per heavy atom. The molecular formula is C43H48N10O5. The number of urea groups is 1. The van der Waals surface area contributed by atoms with Crippen molar-refractivity contribution >= 4 is 63.3 Å². The van der Waals surface area contributed by atoms with Gasteiger partial charge in [0.2, 0.25) is 11.8 Å². The van der Waals surface area contributed by atoms with E-state index >= 15 is 0 Å².